The molecule has 0 amide bonds. The highest BCUT2D eigenvalue weighted by Crippen LogP contribution is 2.55. The third kappa shape index (κ3) is 1.69. The van der Waals surface area contributed by atoms with E-state index in [1.54, 1.807) is 0 Å². The van der Waals surface area contributed by atoms with Gasteiger partial charge in [0.2, 0.25) is 0 Å². The van der Waals surface area contributed by atoms with Crippen molar-refractivity contribution in [3.05, 3.63) is 53.8 Å². The minimum atomic E-state index is 0.160. The van der Waals surface area contributed by atoms with Crippen LogP contribution in [0.3, 0.4) is 0 Å². The van der Waals surface area contributed by atoms with Gasteiger partial charge in [0, 0.05) is 11.0 Å². The molecule has 3 rings (SSSR count). The molecule has 1 saturated carbocycles. The summed E-state index contributed by atoms with van der Waals surface area (Å²) >= 11 is 0. The Morgan fingerprint density at radius 2 is 1.67 bits per heavy atom. The predicted molar refractivity (Wildman–Crippen MR) is 75.3 cm³/mol. The normalized spacial score (nSPS) is 22.8. The molecule has 0 radical (unpaired) electrons. The molecule has 0 saturated heterocycles. The van der Waals surface area contributed by atoms with E-state index in [9.17, 15) is 5.11 Å². The van der Waals surface area contributed by atoms with Gasteiger partial charge in [-0.2, -0.15) is 0 Å². The van der Waals surface area contributed by atoms with Crippen LogP contribution in [-0.2, 0) is 0 Å². The third-order valence-electron chi connectivity index (χ3n) is 4.66. The lowest BCUT2D eigenvalue weighted by atomic mass is 9.69. The number of allylic oxidation sites excluding steroid dienone is 2. The second kappa shape index (κ2) is 4.31. The van der Waals surface area contributed by atoms with Crippen molar-refractivity contribution in [1.82, 2.24) is 0 Å². The second-order valence-electron chi connectivity index (χ2n) is 5.69. The zero-order valence-corrected chi connectivity index (χ0v) is 10.8. The van der Waals surface area contributed by atoms with Gasteiger partial charge < -0.3 is 5.11 Å². The number of benzene rings is 1. The first kappa shape index (κ1) is 11.6. The molecule has 0 atom stereocenters. The topological polar surface area (TPSA) is 20.2 Å². The summed E-state index contributed by atoms with van der Waals surface area (Å²) in [4.78, 5) is 0. The van der Waals surface area contributed by atoms with E-state index in [2.05, 4.69) is 18.7 Å². The van der Waals surface area contributed by atoms with Crippen LogP contribution in [-0.4, -0.2) is 5.11 Å². The zero-order chi connectivity index (χ0) is 12.6. The average molecular weight is 240 g/mol. The van der Waals surface area contributed by atoms with Crippen molar-refractivity contribution in [2.24, 2.45) is 5.41 Å². The van der Waals surface area contributed by atoms with E-state index in [4.69, 9.17) is 0 Å². The van der Waals surface area contributed by atoms with Crippen LogP contribution < -0.4 is 0 Å². The molecule has 2 aliphatic carbocycles. The summed E-state index contributed by atoms with van der Waals surface area (Å²) in [5.74, 6) is 0.461. The number of hydrogen-bond acceptors (Lipinski definition) is 1. The first-order chi connectivity index (χ1) is 8.73. The maximum absolute atomic E-state index is 10.4. The fourth-order valence-corrected chi connectivity index (χ4v) is 3.55. The molecule has 0 unspecified atom stereocenters. The maximum atomic E-state index is 10.4. The molecule has 18 heavy (non-hydrogen) atoms. The Morgan fingerprint density at radius 1 is 1.00 bits per heavy atom. The van der Waals surface area contributed by atoms with Crippen molar-refractivity contribution in [1.29, 1.82) is 0 Å². The molecular weight excluding hydrogens is 220 g/mol. The lowest BCUT2D eigenvalue weighted by Gasteiger charge is -2.34. The lowest BCUT2D eigenvalue weighted by molar-refractivity contribution is 0.249. The Kier molecular flexibility index (Phi) is 2.77. The van der Waals surface area contributed by atoms with Crippen LogP contribution in [0.15, 0.2) is 48.2 Å². The Hall–Kier alpha value is -1.50. The summed E-state index contributed by atoms with van der Waals surface area (Å²) in [5, 5.41) is 10.4. The van der Waals surface area contributed by atoms with Gasteiger partial charge in [-0.25, -0.2) is 0 Å². The van der Waals surface area contributed by atoms with Crippen molar-refractivity contribution < 1.29 is 5.11 Å². The van der Waals surface area contributed by atoms with E-state index >= 15 is 0 Å². The lowest BCUT2D eigenvalue weighted by Crippen LogP contribution is -2.23. The molecule has 1 fully saturated rings. The first-order valence-corrected chi connectivity index (χ1v) is 6.90. The molecule has 0 aliphatic heterocycles. The standard InChI is InChI=1S/C17H20O/c1-13-16(18)15(14-8-4-2-5-9-14)12-17(13)10-6-3-7-11-17/h2,4-5,8-9,18H,1,3,6-7,10-12H2. The summed E-state index contributed by atoms with van der Waals surface area (Å²) < 4.78 is 0. The van der Waals surface area contributed by atoms with Crippen LogP contribution in [0.1, 0.15) is 44.1 Å². The van der Waals surface area contributed by atoms with Crippen LogP contribution in [0.4, 0.5) is 0 Å². The van der Waals surface area contributed by atoms with Crippen LogP contribution in [0.5, 0.6) is 0 Å². The molecule has 1 nitrogen and oxygen atoms in total. The second-order valence-corrected chi connectivity index (χ2v) is 5.69. The quantitative estimate of drug-likeness (QED) is 0.742. The number of rotatable bonds is 1. The van der Waals surface area contributed by atoms with Crippen LogP contribution in [0.2, 0.25) is 0 Å². The van der Waals surface area contributed by atoms with E-state index in [1.807, 2.05) is 18.2 Å². The molecule has 1 N–H and O–H groups in total. The molecule has 0 aromatic heterocycles. The molecule has 0 bridgehead atoms. The van der Waals surface area contributed by atoms with Gasteiger partial charge in [-0.3, -0.25) is 0 Å². The van der Waals surface area contributed by atoms with Gasteiger partial charge in [-0.15, -0.1) is 0 Å². The highest BCUT2D eigenvalue weighted by Gasteiger charge is 2.43. The van der Waals surface area contributed by atoms with E-state index in [0.717, 1.165) is 23.1 Å². The van der Waals surface area contributed by atoms with Gasteiger partial charge in [-0.1, -0.05) is 56.2 Å². The third-order valence-corrected chi connectivity index (χ3v) is 4.66. The van der Waals surface area contributed by atoms with Crippen molar-refractivity contribution in [2.75, 3.05) is 0 Å². The van der Waals surface area contributed by atoms with Gasteiger partial charge in [0.15, 0.2) is 0 Å². The fraction of sp³-hybridized carbons (Fsp3) is 0.412. The van der Waals surface area contributed by atoms with Crippen molar-refractivity contribution in [2.45, 2.75) is 38.5 Å². The van der Waals surface area contributed by atoms with Gasteiger partial charge in [0.1, 0.15) is 5.76 Å². The molecule has 94 valence electrons. The molecule has 1 aromatic carbocycles. The molecule has 2 aliphatic rings. The number of aliphatic hydroxyl groups excluding tert-OH is 1. The van der Waals surface area contributed by atoms with Crippen LogP contribution in [0, 0.1) is 5.41 Å². The van der Waals surface area contributed by atoms with E-state index in [1.165, 1.54) is 32.1 Å². The zero-order valence-electron chi connectivity index (χ0n) is 10.8. The van der Waals surface area contributed by atoms with Gasteiger partial charge in [0.25, 0.3) is 0 Å². The molecule has 1 aromatic rings. The SMILES string of the molecule is C=C1C(O)=C(c2ccccc2)CC12CCCCC2. The summed E-state index contributed by atoms with van der Waals surface area (Å²) in [6.45, 7) is 4.18. The summed E-state index contributed by atoms with van der Waals surface area (Å²) in [5.41, 5.74) is 3.40. The Balaban J connectivity index is 1.96. The number of aliphatic hydroxyl groups is 1. The first-order valence-electron chi connectivity index (χ1n) is 6.90. The Labute approximate surface area is 109 Å². The maximum Gasteiger partial charge on any atom is 0.122 e. The van der Waals surface area contributed by atoms with Crippen molar-refractivity contribution in [3.8, 4) is 0 Å². The van der Waals surface area contributed by atoms with Crippen LogP contribution in [0.25, 0.3) is 5.57 Å². The van der Waals surface area contributed by atoms with E-state index in [0.29, 0.717) is 5.76 Å². The molecule has 1 heteroatoms. The largest absolute Gasteiger partial charge is 0.507 e. The summed E-state index contributed by atoms with van der Waals surface area (Å²) in [6, 6.07) is 10.2. The Morgan fingerprint density at radius 3 is 2.33 bits per heavy atom. The van der Waals surface area contributed by atoms with Gasteiger partial charge >= 0.3 is 0 Å². The van der Waals surface area contributed by atoms with Gasteiger partial charge in [0.05, 0.1) is 0 Å². The van der Waals surface area contributed by atoms with E-state index < -0.39 is 0 Å². The molecule has 0 heterocycles. The highest BCUT2D eigenvalue weighted by atomic mass is 16.3. The fourth-order valence-electron chi connectivity index (χ4n) is 3.55. The summed E-state index contributed by atoms with van der Waals surface area (Å²) in [6.07, 6.45) is 7.22. The minimum absolute atomic E-state index is 0.160. The summed E-state index contributed by atoms with van der Waals surface area (Å²) in [7, 11) is 0. The molecular formula is C17H20O. The average Bonchev–Trinajstić information content (AvgIpc) is 2.67. The molecule has 1 spiro atoms. The Bertz CT molecular complexity index is 490. The van der Waals surface area contributed by atoms with E-state index in [-0.39, 0.29) is 5.41 Å². The predicted octanol–water partition coefficient (Wildman–Crippen LogP) is 4.87. The van der Waals surface area contributed by atoms with Gasteiger partial charge in [-0.05, 0) is 30.4 Å². The van der Waals surface area contributed by atoms with Crippen molar-refractivity contribution in [3.63, 3.8) is 0 Å². The smallest absolute Gasteiger partial charge is 0.122 e. The van der Waals surface area contributed by atoms with Crippen LogP contribution >= 0.6 is 0 Å². The van der Waals surface area contributed by atoms with Crippen molar-refractivity contribution >= 4 is 5.57 Å². The minimum Gasteiger partial charge on any atom is -0.507 e. The monoisotopic (exact) mass is 240 g/mol. The highest BCUT2D eigenvalue weighted by molar-refractivity contribution is 5.75. The number of hydrogen-bond donors (Lipinski definition) is 1.